The average Bonchev–Trinajstić information content (AvgIpc) is 2.90. The molecule has 4 nitrogen and oxygen atoms in total. The van der Waals surface area contributed by atoms with Gasteiger partial charge in [-0.2, -0.15) is 4.98 Å². The summed E-state index contributed by atoms with van der Waals surface area (Å²) in [5.41, 5.74) is 2.11. The van der Waals surface area contributed by atoms with Crippen LogP contribution in [0.2, 0.25) is 0 Å². The van der Waals surface area contributed by atoms with Gasteiger partial charge in [-0.1, -0.05) is 12.1 Å². The molecule has 0 bridgehead atoms. The van der Waals surface area contributed by atoms with Gasteiger partial charge < -0.3 is 10.1 Å². The van der Waals surface area contributed by atoms with Crippen LogP contribution in [0.4, 0.5) is 0 Å². The van der Waals surface area contributed by atoms with Crippen LogP contribution in [0.3, 0.4) is 0 Å². The molecule has 1 atom stereocenters. The number of fused-ring (bicyclic) bond motifs is 1. The Morgan fingerprint density at radius 2 is 2.11 bits per heavy atom. The summed E-state index contributed by atoms with van der Waals surface area (Å²) in [6.45, 7) is 1.96. The van der Waals surface area contributed by atoms with Crippen molar-refractivity contribution in [3.05, 3.63) is 24.3 Å². The standard InChI is InChI=1S/C12H15N3O.2ClH/c1-15-11-5-3-2-4-10(11)14-12(15)16-9-6-7-13-8-9;;/h2-5,9,13H,6-8H2,1H3;2*1H. The highest BCUT2D eigenvalue weighted by atomic mass is 35.5. The third kappa shape index (κ3) is 2.71. The fourth-order valence-electron chi connectivity index (χ4n) is 2.11. The zero-order valence-corrected chi connectivity index (χ0v) is 11.8. The second-order valence-corrected chi connectivity index (χ2v) is 4.17. The summed E-state index contributed by atoms with van der Waals surface area (Å²) in [4.78, 5) is 4.49. The Bertz CT molecular complexity index is 509. The zero-order valence-electron chi connectivity index (χ0n) is 10.1. The van der Waals surface area contributed by atoms with Crippen molar-refractivity contribution in [2.75, 3.05) is 13.1 Å². The number of hydrogen-bond donors (Lipinski definition) is 1. The molecule has 1 aliphatic heterocycles. The summed E-state index contributed by atoms with van der Waals surface area (Å²) in [5.74, 6) is 0. The first-order chi connectivity index (χ1) is 7.84. The molecule has 6 heteroatoms. The monoisotopic (exact) mass is 289 g/mol. The van der Waals surface area contributed by atoms with E-state index in [-0.39, 0.29) is 30.9 Å². The van der Waals surface area contributed by atoms with E-state index in [1.165, 1.54) is 0 Å². The van der Waals surface area contributed by atoms with Gasteiger partial charge in [0.05, 0.1) is 11.0 Å². The maximum Gasteiger partial charge on any atom is 0.297 e. The zero-order chi connectivity index (χ0) is 11.0. The number of imidazole rings is 1. The number of nitrogens with one attached hydrogen (secondary N) is 1. The van der Waals surface area contributed by atoms with E-state index < -0.39 is 0 Å². The van der Waals surface area contributed by atoms with Crippen LogP contribution in [0, 0.1) is 0 Å². The molecule has 1 aromatic heterocycles. The molecule has 3 rings (SSSR count). The predicted octanol–water partition coefficient (Wildman–Crippen LogP) is 2.16. The molecule has 2 aromatic rings. The molecule has 1 saturated heterocycles. The SMILES string of the molecule is Cl.Cl.Cn1c(OC2CCNC2)nc2ccccc21. The maximum atomic E-state index is 5.88. The number of benzene rings is 1. The van der Waals surface area contributed by atoms with Crippen LogP contribution in [0.5, 0.6) is 6.01 Å². The van der Waals surface area contributed by atoms with Crippen molar-refractivity contribution >= 4 is 35.8 Å². The number of ether oxygens (including phenoxy) is 1. The highest BCUT2D eigenvalue weighted by Gasteiger charge is 2.18. The van der Waals surface area contributed by atoms with Crippen LogP contribution in [0.1, 0.15) is 6.42 Å². The molecule has 2 heterocycles. The van der Waals surface area contributed by atoms with E-state index in [1.54, 1.807) is 0 Å². The van der Waals surface area contributed by atoms with Gasteiger partial charge in [0.2, 0.25) is 0 Å². The average molecular weight is 290 g/mol. The summed E-state index contributed by atoms with van der Waals surface area (Å²) < 4.78 is 7.89. The predicted molar refractivity (Wildman–Crippen MR) is 77.1 cm³/mol. The lowest BCUT2D eigenvalue weighted by Gasteiger charge is -2.10. The second kappa shape index (κ2) is 6.27. The number of hydrogen-bond acceptors (Lipinski definition) is 3. The highest BCUT2D eigenvalue weighted by molar-refractivity contribution is 5.85. The highest BCUT2D eigenvalue weighted by Crippen LogP contribution is 2.21. The first-order valence-corrected chi connectivity index (χ1v) is 5.63. The van der Waals surface area contributed by atoms with E-state index in [2.05, 4.69) is 16.4 Å². The first-order valence-electron chi connectivity index (χ1n) is 5.63. The fraction of sp³-hybridized carbons (Fsp3) is 0.417. The van der Waals surface area contributed by atoms with Crippen molar-refractivity contribution in [3.8, 4) is 6.01 Å². The summed E-state index contributed by atoms with van der Waals surface area (Å²) in [6.07, 6.45) is 1.32. The molecule has 0 spiro atoms. The smallest absolute Gasteiger partial charge is 0.297 e. The van der Waals surface area contributed by atoms with Crippen LogP contribution < -0.4 is 10.1 Å². The largest absolute Gasteiger partial charge is 0.460 e. The van der Waals surface area contributed by atoms with E-state index in [4.69, 9.17) is 4.74 Å². The van der Waals surface area contributed by atoms with Gasteiger partial charge in [-0.15, -0.1) is 24.8 Å². The minimum atomic E-state index is 0. The van der Waals surface area contributed by atoms with Crippen LogP contribution in [-0.4, -0.2) is 28.7 Å². The molecule has 100 valence electrons. The van der Waals surface area contributed by atoms with Crippen LogP contribution >= 0.6 is 24.8 Å². The van der Waals surface area contributed by atoms with Crippen molar-refractivity contribution < 1.29 is 4.74 Å². The van der Waals surface area contributed by atoms with E-state index in [0.29, 0.717) is 0 Å². The van der Waals surface area contributed by atoms with Crippen LogP contribution in [-0.2, 0) is 7.05 Å². The number of halogens is 2. The summed E-state index contributed by atoms with van der Waals surface area (Å²) >= 11 is 0. The van der Waals surface area contributed by atoms with Gasteiger partial charge in [0.1, 0.15) is 6.10 Å². The summed E-state index contributed by atoms with van der Waals surface area (Å²) in [7, 11) is 1.99. The van der Waals surface area contributed by atoms with Gasteiger partial charge in [0, 0.05) is 13.6 Å². The lowest BCUT2D eigenvalue weighted by Crippen LogP contribution is -2.21. The Hall–Kier alpha value is -0.970. The number of aryl methyl sites for hydroxylation is 1. The quantitative estimate of drug-likeness (QED) is 0.921. The molecule has 0 amide bonds. The third-order valence-electron chi connectivity index (χ3n) is 3.03. The molecule has 18 heavy (non-hydrogen) atoms. The molecular formula is C12H17Cl2N3O. The van der Waals surface area contributed by atoms with Crippen molar-refractivity contribution in [1.82, 2.24) is 14.9 Å². The lowest BCUT2D eigenvalue weighted by atomic mass is 10.3. The molecule has 0 radical (unpaired) electrons. The molecule has 0 saturated carbocycles. The Balaban J connectivity index is 0.000000810. The van der Waals surface area contributed by atoms with Gasteiger partial charge in [-0.05, 0) is 25.1 Å². The molecule has 1 unspecified atom stereocenters. The van der Waals surface area contributed by atoms with E-state index >= 15 is 0 Å². The van der Waals surface area contributed by atoms with E-state index in [0.717, 1.165) is 36.6 Å². The number of nitrogens with zero attached hydrogens (tertiary/aromatic N) is 2. The normalized spacial score (nSPS) is 18.2. The van der Waals surface area contributed by atoms with E-state index in [9.17, 15) is 0 Å². The van der Waals surface area contributed by atoms with Crippen molar-refractivity contribution in [2.45, 2.75) is 12.5 Å². The first kappa shape index (κ1) is 15.1. The molecule has 1 aliphatic rings. The second-order valence-electron chi connectivity index (χ2n) is 4.17. The Morgan fingerprint density at radius 1 is 1.33 bits per heavy atom. The van der Waals surface area contributed by atoms with Gasteiger partial charge in [-0.25, -0.2) is 0 Å². The number of aromatic nitrogens is 2. The van der Waals surface area contributed by atoms with Crippen LogP contribution in [0.15, 0.2) is 24.3 Å². The van der Waals surface area contributed by atoms with E-state index in [1.807, 2.05) is 29.8 Å². The Morgan fingerprint density at radius 3 is 2.78 bits per heavy atom. The van der Waals surface area contributed by atoms with Crippen molar-refractivity contribution in [2.24, 2.45) is 7.05 Å². The molecule has 1 aromatic carbocycles. The minimum absolute atomic E-state index is 0. The van der Waals surface area contributed by atoms with Gasteiger partial charge in [-0.3, -0.25) is 4.57 Å². The topological polar surface area (TPSA) is 39.1 Å². The van der Waals surface area contributed by atoms with Crippen molar-refractivity contribution in [1.29, 1.82) is 0 Å². The third-order valence-corrected chi connectivity index (χ3v) is 3.03. The Kier molecular flexibility index (Phi) is 5.26. The van der Waals surface area contributed by atoms with Gasteiger partial charge >= 0.3 is 0 Å². The molecule has 1 N–H and O–H groups in total. The summed E-state index contributed by atoms with van der Waals surface area (Å²) in [6, 6.07) is 8.80. The summed E-state index contributed by atoms with van der Waals surface area (Å²) in [5, 5.41) is 3.28. The van der Waals surface area contributed by atoms with Crippen LogP contribution in [0.25, 0.3) is 11.0 Å². The fourth-order valence-corrected chi connectivity index (χ4v) is 2.11. The molecule has 0 aliphatic carbocycles. The lowest BCUT2D eigenvalue weighted by molar-refractivity contribution is 0.199. The molecule has 1 fully saturated rings. The molecular weight excluding hydrogens is 273 g/mol. The number of rotatable bonds is 2. The van der Waals surface area contributed by atoms with Gasteiger partial charge in [0.15, 0.2) is 0 Å². The minimum Gasteiger partial charge on any atom is -0.460 e. The Labute approximate surface area is 119 Å². The number of para-hydroxylation sites is 2. The van der Waals surface area contributed by atoms with Gasteiger partial charge in [0.25, 0.3) is 6.01 Å². The van der Waals surface area contributed by atoms with Crippen molar-refractivity contribution in [3.63, 3.8) is 0 Å². The maximum absolute atomic E-state index is 5.88.